The molecule has 0 saturated carbocycles. The maximum Gasteiger partial charge on any atom is 0.253 e. The number of hydrogen-bond donors (Lipinski definition) is 2. The van der Waals surface area contributed by atoms with Crippen LogP contribution in [0.2, 0.25) is 0 Å². The Hall–Kier alpha value is -1.58. The van der Waals surface area contributed by atoms with E-state index in [1.54, 1.807) is 6.20 Å². The topological polar surface area (TPSA) is 54.0 Å². The second-order valence-electron chi connectivity index (χ2n) is 5.09. The smallest absolute Gasteiger partial charge is 0.253 e. The first-order valence-corrected chi connectivity index (χ1v) is 7.09. The van der Waals surface area contributed by atoms with E-state index in [1.165, 1.54) is 0 Å². The average molecular weight is 263 g/mol. The summed E-state index contributed by atoms with van der Waals surface area (Å²) in [6, 6.07) is 3.87. The number of rotatable bonds is 7. The van der Waals surface area contributed by atoms with Crippen LogP contribution in [-0.4, -0.2) is 23.5 Å². The summed E-state index contributed by atoms with van der Waals surface area (Å²) in [4.78, 5) is 16.3. The van der Waals surface area contributed by atoms with Gasteiger partial charge < -0.3 is 10.6 Å². The molecule has 0 fully saturated rings. The lowest BCUT2D eigenvalue weighted by atomic mass is 10.0. The van der Waals surface area contributed by atoms with Gasteiger partial charge in [0.15, 0.2) is 0 Å². The highest BCUT2D eigenvalue weighted by molar-refractivity contribution is 5.94. The lowest BCUT2D eigenvalue weighted by Gasteiger charge is -2.20. The van der Waals surface area contributed by atoms with Gasteiger partial charge in [0, 0.05) is 18.8 Å². The Morgan fingerprint density at radius 3 is 2.53 bits per heavy atom. The molecule has 19 heavy (non-hydrogen) atoms. The van der Waals surface area contributed by atoms with Gasteiger partial charge in [0.2, 0.25) is 0 Å². The summed E-state index contributed by atoms with van der Waals surface area (Å²) in [5.41, 5.74) is 0.612. The Bertz CT molecular complexity index is 387. The van der Waals surface area contributed by atoms with Crippen LogP contribution < -0.4 is 10.6 Å². The van der Waals surface area contributed by atoms with E-state index < -0.39 is 0 Å². The number of pyridine rings is 1. The molecule has 1 heterocycles. The van der Waals surface area contributed by atoms with E-state index in [0.29, 0.717) is 11.5 Å². The summed E-state index contributed by atoms with van der Waals surface area (Å²) < 4.78 is 0. The van der Waals surface area contributed by atoms with E-state index in [9.17, 15) is 4.79 Å². The van der Waals surface area contributed by atoms with Gasteiger partial charge in [-0.2, -0.15) is 0 Å². The van der Waals surface area contributed by atoms with E-state index in [2.05, 4.69) is 43.3 Å². The maximum atomic E-state index is 12.1. The third-order valence-electron chi connectivity index (χ3n) is 3.14. The monoisotopic (exact) mass is 263 g/mol. The summed E-state index contributed by atoms with van der Waals surface area (Å²) in [6.07, 6.45) is 3.61. The van der Waals surface area contributed by atoms with Gasteiger partial charge in [-0.05, 0) is 30.9 Å². The van der Waals surface area contributed by atoms with Crippen LogP contribution in [0.15, 0.2) is 18.3 Å². The quantitative estimate of drug-likeness (QED) is 0.795. The lowest BCUT2D eigenvalue weighted by Crippen LogP contribution is -2.38. The van der Waals surface area contributed by atoms with Gasteiger partial charge in [-0.15, -0.1) is 0 Å². The van der Waals surface area contributed by atoms with Crippen molar-refractivity contribution < 1.29 is 4.79 Å². The second-order valence-corrected chi connectivity index (χ2v) is 5.09. The molecule has 1 unspecified atom stereocenters. The molecule has 0 aliphatic carbocycles. The number of carbonyl (C=O) groups is 1. The normalized spacial score (nSPS) is 12.3. The zero-order valence-corrected chi connectivity index (χ0v) is 12.4. The van der Waals surface area contributed by atoms with Gasteiger partial charge in [0.1, 0.15) is 5.82 Å². The molecule has 1 rings (SSSR count). The number of carbonyl (C=O) groups excluding carboxylic acids is 1. The molecule has 106 valence electrons. The number of nitrogens with zero attached hydrogens (tertiary/aromatic N) is 1. The standard InChI is InChI=1S/C15H25N3O/c1-5-9-16-14-8-7-12(10-17-14)15(19)18-13(6-2)11(3)4/h7-8,10-11,13H,5-6,9H2,1-4H3,(H,16,17)(H,18,19). The first-order chi connectivity index (χ1) is 9.08. The molecule has 1 aromatic heterocycles. The zero-order valence-electron chi connectivity index (χ0n) is 12.4. The Morgan fingerprint density at radius 2 is 2.05 bits per heavy atom. The molecule has 0 saturated heterocycles. The highest BCUT2D eigenvalue weighted by atomic mass is 16.1. The molecule has 4 heteroatoms. The van der Waals surface area contributed by atoms with Crippen molar-refractivity contribution in [1.29, 1.82) is 0 Å². The van der Waals surface area contributed by atoms with Crippen LogP contribution in [0.25, 0.3) is 0 Å². The first-order valence-electron chi connectivity index (χ1n) is 7.09. The molecule has 1 amide bonds. The molecule has 0 spiro atoms. The van der Waals surface area contributed by atoms with Gasteiger partial charge in [-0.1, -0.05) is 27.7 Å². The second kappa shape index (κ2) is 7.77. The van der Waals surface area contributed by atoms with Crippen LogP contribution in [0, 0.1) is 5.92 Å². The molecular formula is C15H25N3O. The number of nitrogens with one attached hydrogen (secondary N) is 2. The van der Waals surface area contributed by atoms with Gasteiger partial charge in [0.05, 0.1) is 5.56 Å². The number of hydrogen-bond acceptors (Lipinski definition) is 3. The maximum absolute atomic E-state index is 12.1. The third kappa shape index (κ3) is 4.89. The average Bonchev–Trinajstić information content (AvgIpc) is 2.42. The molecule has 0 aromatic carbocycles. The van der Waals surface area contributed by atoms with Gasteiger partial charge in [-0.3, -0.25) is 4.79 Å². The van der Waals surface area contributed by atoms with E-state index in [-0.39, 0.29) is 11.9 Å². The highest BCUT2D eigenvalue weighted by Gasteiger charge is 2.15. The fourth-order valence-electron chi connectivity index (χ4n) is 1.88. The van der Waals surface area contributed by atoms with Crippen LogP contribution in [0.5, 0.6) is 0 Å². The lowest BCUT2D eigenvalue weighted by molar-refractivity contribution is 0.0924. The minimum atomic E-state index is -0.0462. The van der Waals surface area contributed by atoms with Crippen LogP contribution in [0.1, 0.15) is 50.9 Å². The van der Waals surface area contributed by atoms with E-state index in [4.69, 9.17) is 0 Å². The van der Waals surface area contributed by atoms with E-state index in [0.717, 1.165) is 25.2 Å². The molecule has 0 aliphatic heterocycles. The van der Waals surface area contributed by atoms with Gasteiger partial charge in [0.25, 0.3) is 5.91 Å². The Morgan fingerprint density at radius 1 is 1.32 bits per heavy atom. The van der Waals surface area contributed by atoms with Crippen molar-refractivity contribution in [3.8, 4) is 0 Å². The summed E-state index contributed by atoms with van der Waals surface area (Å²) in [5, 5.41) is 6.23. The highest BCUT2D eigenvalue weighted by Crippen LogP contribution is 2.09. The number of anilines is 1. The van der Waals surface area contributed by atoms with Crippen molar-refractivity contribution in [3.05, 3.63) is 23.9 Å². The van der Waals surface area contributed by atoms with Crippen molar-refractivity contribution in [2.24, 2.45) is 5.92 Å². The van der Waals surface area contributed by atoms with Crippen molar-refractivity contribution in [3.63, 3.8) is 0 Å². The van der Waals surface area contributed by atoms with Gasteiger partial charge >= 0.3 is 0 Å². The summed E-state index contributed by atoms with van der Waals surface area (Å²) >= 11 is 0. The Labute approximate surface area is 116 Å². The minimum Gasteiger partial charge on any atom is -0.370 e. The molecular weight excluding hydrogens is 238 g/mol. The predicted molar refractivity (Wildman–Crippen MR) is 79.4 cm³/mol. The van der Waals surface area contributed by atoms with E-state index >= 15 is 0 Å². The molecule has 0 radical (unpaired) electrons. The van der Waals surface area contributed by atoms with Crippen LogP contribution in [0.3, 0.4) is 0 Å². The van der Waals surface area contributed by atoms with Crippen molar-refractivity contribution >= 4 is 11.7 Å². The van der Waals surface area contributed by atoms with Crippen LogP contribution in [-0.2, 0) is 0 Å². The van der Waals surface area contributed by atoms with Crippen molar-refractivity contribution in [2.45, 2.75) is 46.6 Å². The summed E-state index contributed by atoms with van der Waals surface area (Å²) in [6.45, 7) is 9.31. The van der Waals surface area contributed by atoms with Crippen molar-refractivity contribution in [1.82, 2.24) is 10.3 Å². The minimum absolute atomic E-state index is 0.0462. The molecule has 1 aromatic rings. The fraction of sp³-hybridized carbons (Fsp3) is 0.600. The number of aromatic nitrogens is 1. The molecule has 0 aliphatic rings. The fourth-order valence-corrected chi connectivity index (χ4v) is 1.88. The third-order valence-corrected chi connectivity index (χ3v) is 3.14. The van der Waals surface area contributed by atoms with E-state index in [1.807, 2.05) is 12.1 Å². The molecule has 0 bridgehead atoms. The largest absolute Gasteiger partial charge is 0.370 e. The first kappa shape index (κ1) is 15.5. The molecule has 1 atom stereocenters. The SMILES string of the molecule is CCCNc1ccc(C(=O)NC(CC)C(C)C)cn1. The van der Waals surface area contributed by atoms with Gasteiger partial charge in [-0.25, -0.2) is 4.98 Å². The Balaban J connectivity index is 2.62. The predicted octanol–water partition coefficient (Wildman–Crippen LogP) is 3.07. The summed E-state index contributed by atoms with van der Waals surface area (Å²) in [5.74, 6) is 1.21. The number of amides is 1. The molecule has 2 N–H and O–H groups in total. The zero-order chi connectivity index (χ0) is 14.3. The van der Waals surface area contributed by atoms with Crippen molar-refractivity contribution in [2.75, 3.05) is 11.9 Å². The van der Waals surface area contributed by atoms with Crippen LogP contribution in [0.4, 0.5) is 5.82 Å². The molecule has 4 nitrogen and oxygen atoms in total. The van der Waals surface area contributed by atoms with Crippen LogP contribution >= 0.6 is 0 Å². The Kier molecular flexibility index (Phi) is 6.33. The summed E-state index contributed by atoms with van der Waals surface area (Å²) in [7, 11) is 0.